The first-order valence-corrected chi connectivity index (χ1v) is 6.70. The van der Waals surface area contributed by atoms with Gasteiger partial charge in [0, 0.05) is 18.3 Å². The van der Waals surface area contributed by atoms with E-state index in [1.54, 1.807) is 0 Å². The van der Waals surface area contributed by atoms with Crippen LogP contribution in [0, 0.1) is 12.3 Å². The van der Waals surface area contributed by atoms with Crippen molar-refractivity contribution >= 4 is 11.7 Å². The smallest absolute Gasteiger partial charge is 0.233 e. The van der Waals surface area contributed by atoms with Crippen LogP contribution in [0.2, 0.25) is 0 Å². The first-order valence-electron chi connectivity index (χ1n) is 6.70. The number of amides is 1. The van der Waals surface area contributed by atoms with Gasteiger partial charge in [0.15, 0.2) is 5.82 Å². The minimum absolute atomic E-state index is 0.100. The maximum absolute atomic E-state index is 12.5. The van der Waals surface area contributed by atoms with Gasteiger partial charge in [0.25, 0.3) is 0 Å². The van der Waals surface area contributed by atoms with Crippen molar-refractivity contribution in [2.24, 2.45) is 5.41 Å². The maximum atomic E-state index is 12.5. The van der Waals surface area contributed by atoms with Gasteiger partial charge in [-0.15, -0.1) is 0 Å². The Kier molecular flexibility index (Phi) is 4.01. The number of nitrogens with zero attached hydrogens (tertiary/aromatic N) is 1. The Balaban J connectivity index is 2.08. The maximum Gasteiger partial charge on any atom is 0.233 e. The molecule has 0 radical (unpaired) electrons. The third-order valence-electron chi connectivity index (χ3n) is 3.63. The highest BCUT2D eigenvalue weighted by molar-refractivity contribution is 5.94. The van der Waals surface area contributed by atoms with Crippen molar-refractivity contribution in [2.75, 3.05) is 18.4 Å². The molecule has 5 nitrogen and oxygen atoms in total. The van der Waals surface area contributed by atoms with Gasteiger partial charge in [0.2, 0.25) is 5.91 Å². The summed E-state index contributed by atoms with van der Waals surface area (Å²) in [6.07, 6.45) is 3.97. The van der Waals surface area contributed by atoms with E-state index in [0.29, 0.717) is 5.82 Å². The van der Waals surface area contributed by atoms with Gasteiger partial charge in [-0.1, -0.05) is 13.3 Å². The molecule has 1 aromatic heterocycles. The van der Waals surface area contributed by atoms with Crippen LogP contribution in [0.4, 0.5) is 5.82 Å². The van der Waals surface area contributed by atoms with E-state index in [0.717, 1.165) is 44.5 Å². The molecule has 1 saturated heterocycles. The molecular formula is C13H22N4O. The molecule has 3 N–H and O–H groups in total. The normalized spacial score (nSPS) is 23.9. The minimum Gasteiger partial charge on any atom is -0.316 e. The molecule has 0 bridgehead atoms. The number of carbonyl (C=O) groups excluding carboxylic acids is 1. The molecule has 1 fully saturated rings. The average Bonchev–Trinajstić information content (AvgIpc) is 2.76. The molecule has 1 aliphatic rings. The lowest BCUT2D eigenvalue weighted by atomic mass is 9.76. The summed E-state index contributed by atoms with van der Waals surface area (Å²) in [7, 11) is 0. The zero-order valence-corrected chi connectivity index (χ0v) is 11.2. The third kappa shape index (κ3) is 2.72. The summed E-state index contributed by atoms with van der Waals surface area (Å²) in [6.45, 7) is 5.84. The zero-order chi connectivity index (χ0) is 13.0. The fourth-order valence-electron chi connectivity index (χ4n) is 2.70. The predicted octanol–water partition coefficient (Wildman–Crippen LogP) is 1.83. The fraction of sp³-hybridized carbons (Fsp3) is 0.692. The summed E-state index contributed by atoms with van der Waals surface area (Å²) < 4.78 is 0. The number of nitrogens with one attached hydrogen (secondary N) is 3. The molecule has 0 spiro atoms. The Bertz CT molecular complexity index is 401. The van der Waals surface area contributed by atoms with Crippen molar-refractivity contribution in [3.05, 3.63) is 11.8 Å². The standard InChI is InChI=1S/C13H22N4O/c1-3-5-13(6-4-7-14-9-13)12(18)15-11-8-10(2)16-17-11/h8,14H,3-7,9H2,1-2H3,(H2,15,16,17,18). The van der Waals surface area contributed by atoms with E-state index in [4.69, 9.17) is 0 Å². The Morgan fingerprint density at radius 2 is 2.44 bits per heavy atom. The van der Waals surface area contributed by atoms with Gasteiger partial charge in [-0.2, -0.15) is 5.10 Å². The second-order valence-corrected chi connectivity index (χ2v) is 5.20. The second-order valence-electron chi connectivity index (χ2n) is 5.20. The van der Waals surface area contributed by atoms with Crippen LogP contribution in [-0.2, 0) is 4.79 Å². The number of H-pyrrole nitrogens is 1. The molecule has 1 aromatic rings. The fourth-order valence-corrected chi connectivity index (χ4v) is 2.70. The van der Waals surface area contributed by atoms with E-state index in [2.05, 4.69) is 27.8 Å². The molecule has 0 aliphatic carbocycles. The summed E-state index contributed by atoms with van der Waals surface area (Å²) in [5, 5.41) is 13.2. The van der Waals surface area contributed by atoms with E-state index in [-0.39, 0.29) is 11.3 Å². The Morgan fingerprint density at radius 3 is 3.00 bits per heavy atom. The highest BCUT2D eigenvalue weighted by atomic mass is 16.2. The predicted molar refractivity (Wildman–Crippen MR) is 71.4 cm³/mol. The summed E-state index contributed by atoms with van der Waals surface area (Å²) in [4.78, 5) is 12.5. The molecular weight excluding hydrogens is 228 g/mol. The summed E-state index contributed by atoms with van der Waals surface area (Å²) in [5.74, 6) is 0.724. The lowest BCUT2D eigenvalue weighted by Crippen LogP contribution is -2.48. The van der Waals surface area contributed by atoms with E-state index >= 15 is 0 Å². The van der Waals surface area contributed by atoms with E-state index in [1.165, 1.54) is 0 Å². The van der Waals surface area contributed by atoms with E-state index in [1.807, 2.05) is 13.0 Å². The Morgan fingerprint density at radius 1 is 1.61 bits per heavy atom. The number of aromatic amines is 1. The van der Waals surface area contributed by atoms with Crippen LogP contribution >= 0.6 is 0 Å². The van der Waals surface area contributed by atoms with Crippen LogP contribution in [0.15, 0.2) is 6.07 Å². The Labute approximate surface area is 108 Å². The average molecular weight is 250 g/mol. The van der Waals surface area contributed by atoms with Crippen molar-refractivity contribution < 1.29 is 4.79 Å². The van der Waals surface area contributed by atoms with Gasteiger partial charge in [0.1, 0.15) is 0 Å². The molecule has 5 heteroatoms. The molecule has 1 aliphatic heterocycles. The first kappa shape index (κ1) is 13.1. The number of anilines is 1. The largest absolute Gasteiger partial charge is 0.316 e. The zero-order valence-electron chi connectivity index (χ0n) is 11.2. The van der Waals surface area contributed by atoms with Crippen LogP contribution in [0.1, 0.15) is 38.3 Å². The second kappa shape index (κ2) is 5.52. The van der Waals surface area contributed by atoms with Crippen molar-refractivity contribution in [3.63, 3.8) is 0 Å². The van der Waals surface area contributed by atoms with Gasteiger partial charge in [-0.25, -0.2) is 0 Å². The van der Waals surface area contributed by atoms with Crippen LogP contribution < -0.4 is 10.6 Å². The number of aryl methyl sites for hydroxylation is 1. The van der Waals surface area contributed by atoms with Crippen LogP contribution in [-0.4, -0.2) is 29.2 Å². The molecule has 2 rings (SSSR count). The van der Waals surface area contributed by atoms with Gasteiger partial charge in [-0.05, 0) is 32.7 Å². The third-order valence-corrected chi connectivity index (χ3v) is 3.63. The highest BCUT2D eigenvalue weighted by Gasteiger charge is 2.38. The molecule has 0 aromatic carbocycles. The van der Waals surface area contributed by atoms with Gasteiger partial charge >= 0.3 is 0 Å². The Hall–Kier alpha value is -1.36. The molecule has 1 atom stereocenters. The van der Waals surface area contributed by atoms with Crippen molar-refractivity contribution in [3.8, 4) is 0 Å². The highest BCUT2D eigenvalue weighted by Crippen LogP contribution is 2.32. The molecule has 100 valence electrons. The topological polar surface area (TPSA) is 69.8 Å². The van der Waals surface area contributed by atoms with Crippen molar-refractivity contribution in [1.29, 1.82) is 0 Å². The lowest BCUT2D eigenvalue weighted by Gasteiger charge is -2.35. The minimum atomic E-state index is -0.264. The number of hydrogen-bond donors (Lipinski definition) is 3. The van der Waals surface area contributed by atoms with Gasteiger partial charge in [0.05, 0.1) is 5.41 Å². The lowest BCUT2D eigenvalue weighted by molar-refractivity contribution is -0.127. The molecule has 0 saturated carbocycles. The van der Waals surface area contributed by atoms with Crippen LogP contribution in [0.5, 0.6) is 0 Å². The summed E-state index contributed by atoms with van der Waals surface area (Å²) in [6, 6.07) is 1.85. The van der Waals surface area contributed by atoms with E-state index in [9.17, 15) is 4.79 Å². The van der Waals surface area contributed by atoms with Crippen molar-refractivity contribution in [2.45, 2.75) is 39.5 Å². The summed E-state index contributed by atoms with van der Waals surface area (Å²) >= 11 is 0. The number of piperidine rings is 1. The molecule has 1 unspecified atom stereocenters. The van der Waals surface area contributed by atoms with Gasteiger partial charge < -0.3 is 10.6 Å². The van der Waals surface area contributed by atoms with Crippen molar-refractivity contribution in [1.82, 2.24) is 15.5 Å². The monoisotopic (exact) mass is 250 g/mol. The molecule has 1 amide bonds. The SMILES string of the molecule is CCCC1(C(=O)Nc2cc(C)[nH]n2)CCCNC1. The number of rotatable bonds is 4. The number of hydrogen-bond acceptors (Lipinski definition) is 3. The van der Waals surface area contributed by atoms with Gasteiger partial charge in [-0.3, -0.25) is 9.89 Å². The van der Waals surface area contributed by atoms with Crippen LogP contribution in [0.3, 0.4) is 0 Å². The summed E-state index contributed by atoms with van der Waals surface area (Å²) in [5.41, 5.74) is 0.691. The first-order chi connectivity index (χ1) is 8.66. The number of aromatic nitrogens is 2. The van der Waals surface area contributed by atoms with Crippen LogP contribution in [0.25, 0.3) is 0 Å². The quantitative estimate of drug-likeness (QED) is 0.763. The van der Waals surface area contributed by atoms with E-state index < -0.39 is 0 Å². The molecule has 18 heavy (non-hydrogen) atoms. The molecule has 2 heterocycles. The number of carbonyl (C=O) groups is 1.